The molecule has 3 rings (SSSR count). The Balaban J connectivity index is 0.000000153. The van der Waals surface area contributed by atoms with Crippen molar-refractivity contribution >= 4 is 5.97 Å². The number of nitrogens with zero attached hydrogens (tertiary/aromatic N) is 1. The third-order valence-corrected chi connectivity index (χ3v) is 2.55. The van der Waals surface area contributed by atoms with Crippen molar-refractivity contribution in [2.24, 2.45) is 11.1 Å². The number of aliphatic carboxylic acids is 1. The molecule has 3 aliphatic rings. The van der Waals surface area contributed by atoms with Crippen molar-refractivity contribution in [3.05, 3.63) is 0 Å². The quantitative estimate of drug-likeness (QED) is 0.640. The normalized spacial score (nSPS) is 36.2. The summed E-state index contributed by atoms with van der Waals surface area (Å²) in [5.74, 6) is -2.76. The first kappa shape index (κ1) is 11.8. The van der Waals surface area contributed by atoms with Crippen molar-refractivity contribution in [3.8, 4) is 6.07 Å². The Morgan fingerprint density at radius 1 is 1.40 bits per heavy atom. The number of hydrogen-bond donors (Lipinski definition) is 2. The van der Waals surface area contributed by atoms with Gasteiger partial charge in [-0.05, 0) is 19.3 Å². The number of carboxylic acid groups (broad SMARTS) is 1. The van der Waals surface area contributed by atoms with Crippen LogP contribution in [-0.4, -0.2) is 22.8 Å². The topological polar surface area (TPSA) is 87.1 Å². The van der Waals surface area contributed by atoms with Crippen LogP contribution in [0.15, 0.2) is 0 Å². The van der Waals surface area contributed by atoms with E-state index >= 15 is 0 Å². The molecule has 3 saturated carbocycles. The summed E-state index contributed by atoms with van der Waals surface area (Å²) in [7, 11) is 0. The molecule has 0 radical (unpaired) electrons. The standard InChI is InChI=1S/C6H8N2.C2HF3O2/c7-4-5-1-6(8,2-5)3-5;3-2(4,5)1(6)7/h1-3,8H2;(H,6,7). The van der Waals surface area contributed by atoms with Gasteiger partial charge in [0.1, 0.15) is 0 Å². The molecule has 0 aromatic rings. The molecule has 3 aliphatic carbocycles. The lowest BCUT2D eigenvalue weighted by Crippen LogP contribution is -2.71. The van der Waals surface area contributed by atoms with Crippen LogP contribution in [0.1, 0.15) is 19.3 Å². The fourth-order valence-corrected chi connectivity index (χ4v) is 1.99. The van der Waals surface area contributed by atoms with Crippen LogP contribution in [0.3, 0.4) is 0 Å². The Hall–Kier alpha value is -1.29. The molecule has 0 spiro atoms. The van der Waals surface area contributed by atoms with Crippen molar-refractivity contribution < 1.29 is 23.1 Å². The van der Waals surface area contributed by atoms with Crippen LogP contribution in [-0.2, 0) is 4.79 Å². The SMILES string of the molecule is N#CC12CC(N)(C1)C2.O=C(O)C(F)(F)F. The fourth-order valence-electron chi connectivity index (χ4n) is 1.99. The fraction of sp³-hybridized carbons (Fsp3) is 0.750. The summed E-state index contributed by atoms with van der Waals surface area (Å²) in [5.41, 5.74) is 5.85. The van der Waals surface area contributed by atoms with Crippen LogP contribution in [0.4, 0.5) is 13.2 Å². The van der Waals surface area contributed by atoms with Gasteiger partial charge in [-0.25, -0.2) is 4.79 Å². The molecule has 2 bridgehead atoms. The van der Waals surface area contributed by atoms with E-state index in [9.17, 15) is 13.2 Å². The second-order valence-corrected chi connectivity index (χ2v) is 4.09. The molecule has 0 heterocycles. The second-order valence-electron chi connectivity index (χ2n) is 4.09. The Bertz CT molecular complexity index is 312. The summed E-state index contributed by atoms with van der Waals surface area (Å²) in [5, 5.41) is 15.6. The minimum atomic E-state index is -5.08. The zero-order valence-corrected chi connectivity index (χ0v) is 7.64. The first-order chi connectivity index (χ1) is 6.63. The zero-order valence-electron chi connectivity index (χ0n) is 7.64. The van der Waals surface area contributed by atoms with Crippen LogP contribution in [0, 0.1) is 16.7 Å². The smallest absolute Gasteiger partial charge is 0.475 e. The molecule has 0 saturated heterocycles. The van der Waals surface area contributed by atoms with E-state index in [0.29, 0.717) is 0 Å². The molecule has 0 aromatic heterocycles. The number of rotatable bonds is 0. The van der Waals surface area contributed by atoms with Crippen molar-refractivity contribution in [3.63, 3.8) is 0 Å². The predicted octanol–water partition coefficient (Wildman–Crippen LogP) is 1.02. The highest BCUT2D eigenvalue weighted by atomic mass is 19.4. The van der Waals surface area contributed by atoms with E-state index in [1.165, 1.54) is 0 Å². The Labute approximate surface area is 83.5 Å². The van der Waals surface area contributed by atoms with E-state index in [0.717, 1.165) is 19.3 Å². The van der Waals surface area contributed by atoms with Gasteiger partial charge in [-0.15, -0.1) is 0 Å². The molecule has 3 N–H and O–H groups in total. The molecule has 0 atom stereocenters. The van der Waals surface area contributed by atoms with Gasteiger partial charge in [-0.3, -0.25) is 0 Å². The number of halogens is 3. The van der Waals surface area contributed by atoms with Crippen molar-refractivity contribution in [2.45, 2.75) is 31.0 Å². The van der Waals surface area contributed by atoms with Gasteiger partial charge in [0.2, 0.25) is 0 Å². The summed E-state index contributed by atoms with van der Waals surface area (Å²) in [6, 6.07) is 2.29. The molecule has 0 aromatic carbocycles. The average Bonchev–Trinajstić information content (AvgIpc) is 1.96. The van der Waals surface area contributed by atoms with E-state index < -0.39 is 12.1 Å². The van der Waals surface area contributed by atoms with E-state index in [4.69, 9.17) is 20.9 Å². The molecule has 7 heteroatoms. The van der Waals surface area contributed by atoms with Crippen molar-refractivity contribution in [1.82, 2.24) is 0 Å². The van der Waals surface area contributed by atoms with E-state index in [1.54, 1.807) is 0 Å². The lowest BCUT2D eigenvalue weighted by molar-refractivity contribution is -0.192. The van der Waals surface area contributed by atoms with Crippen LogP contribution in [0.25, 0.3) is 0 Å². The number of hydrogen-bond acceptors (Lipinski definition) is 3. The molecule has 0 unspecified atom stereocenters. The Kier molecular flexibility index (Phi) is 2.44. The van der Waals surface area contributed by atoms with Gasteiger partial charge in [-0.1, -0.05) is 0 Å². The summed E-state index contributed by atoms with van der Waals surface area (Å²) >= 11 is 0. The number of carbonyl (C=O) groups is 1. The van der Waals surface area contributed by atoms with Crippen LogP contribution in [0.2, 0.25) is 0 Å². The van der Waals surface area contributed by atoms with Gasteiger partial charge in [0.05, 0.1) is 11.5 Å². The van der Waals surface area contributed by atoms with E-state index in [-0.39, 0.29) is 11.0 Å². The third-order valence-electron chi connectivity index (χ3n) is 2.55. The maximum Gasteiger partial charge on any atom is 0.490 e. The monoisotopic (exact) mass is 222 g/mol. The predicted molar refractivity (Wildman–Crippen MR) is 42.5 cm³/mol. The van der Waals surface area contributed by atoms with Gasteiger partial charge in [0.15, 0.2) is 0 Å². The molecule has 4 nitrogen and oxygen atoms in total. The molecule has 0 aliphatic heterocycles. The van der Waals surface area contributed by atoms with Gasteiger partial charge in [0, 0.05) is 5.54 Å². The Morgan fingerprint density at radius 2 is 1.73 bits per heavy atom. The Morgan fingerprint density at radius 3 is 1.80 bits per heavy atom. The number of carboxylic acids is 1. The summed E-state index contributed by atoms with van der Waals surface area (Å²) in [6.07, 6.45) is -2.22. The number of nitriles is 1. The molecule has 3 fully saturated rings. The van der Waals surface area contributed by atoms with Gasteiger partial charge in [-0.2, -0.15) is 18.4 Å². The lowest BCUT2D eigenvalue weighted by Gasteiger charge is -2.65. The van der Waals surface area contributed by atoms with E-state index in [2.05, 4.69) is 6.07 Å². The van der Waals surface area contributed by atoms with Crippen LogP contribution < -0.4 is 5.73 Å². The second kappa shape index (κ2) is 3.10. The van der Waals surface area contributed by atoms with Crippen LogP contribution in [0.5, 0.6) is 0 Å². The highest BCUT2D eigenvalue weighted by molar-refractivity contribution is 5.73. The van der Waals surface area contributed by atoms with Crippen LogP contribution >= 0.6 is 0 Å². The highest BCUT2D eigenvalue weighted by Gasteiger charge is 2.66. The minimum Gasteiger partial charge on any atom is -0.475 e. The van der Waals surface area contributed by atoms with Crippen molar-refractivity contribution in [2.75, 3.05) is 0 Å². The lowest BCUT2D eigenvalue weighted by atomic mass is 9.40. The van der Waals surface area contributed by atoms with Crippen molar-refractivity contribution in [1.29, 1.82) is 5.26 Å². The largest absolute Gasteiger partial charge is 0.490 e. The number of alkyl halides is 3. The summed E-state index contributed by atoms with van der Waals surface area (Å²) in [4.78, 5) is 8.90. The maximum atomic E-state index is 10.6. The zero-order chi connectivity index (χ0) is 11.9. The maximum absolute atomic E-state index is 10.6. The molecular formula is C8H9F3N2O2. The minimum absolute atomic E-state index is 0.0503. The summed E-state index contributed by atoms with van der Waals surface area (Å²) in [6.45, 7) is 0. The highest BCUT2D eigenvalue weighted by Crippen LogP contribution is 2.65. The first-order valence-electron chi connectivity index (χ1n) is 4.13. The molecule has 15 heavy (non-hydrogen) atoms. The van der Waals surface area contributed by atoms with Gasteiger partial charge in [0.25, 0.3) is 0 Å². The molecule has 84 valence electrons. The first-order valence-corrected chi connectivity index (χ1v) is 4.13. The molecule has 0 amide bonds. The average molecular weight is 222 g/mol. The summed E-state index contributed by atoms with van der Waals surface area (Å²) < 4.78 is 31.7. The van der Waals surface area contributed by atoms with Gasteiger partial charge < -0.3 is 10.8 Å². The molecular weight excluding hydrogens is 213 g/mol. The van der Waals surface area contributed by atoms with E-state index in [1.807, 2.05) is 0 Å². The third kappa shape index (κ3) is 2.21. The van der Waals surface area contributed by atoms with Gasteiger partial charge >= 0.3 is 12.1 Å². The number of nitrogens with two attached hydrogens (primary N) is 1.